The third-order valence-electron chi connectivity index (χ3n) is 2.05. The van der Waals surface area contributed by atoms with Crippen LogP contribution in [0.25, 0.3) is 0 Å². The van der Waals surface area contributed by atoms with Crippen molar-refractivity contribution in [1.29, 1.82) is 0 Å². The van der Waals surface area contributed by atoms with Crippen LogP contribution in [0.2, 0.25) is 0 Å². The quantitative estimate of drug-likeness (QED) is 0.798. The summed E-state index contributed by atoms with van der Waals surface area (Å²) in [6.45, 7) is 0.390. The number of likely N-dealkylation sites (N-methyl/N-ethyl adjacent to an activating group) is 1. The van der Waals surface area contributed by atoms with E-state index >= 15 is 0 Å². The molecule has 0 radical (unpaired) electrons. The van der Waals surface area contributed by atoms with Gasteiger partial charge in [0.05, 0.1) is 5.56 Å². The molecule has 1 aromatic carbocycles. The zero-order valence-corrected chi connectivity index (χ0v) is 8.18. The molecular weight excluding hydrogens is 204 g/mol. The van der Waals surface area contributed by atoms with Crippen molar-refractivity contribution in [1.82, 2.24) is 5.32 Å². The van der Waals surface area contributed by atoms with Crippen LogP contribution in [0, 0.1) is 11.6 Å². The Balaban J connectivity index is 3.16. The molecule has 0 fully saturated rings. The molecule has 3 nitrogen and oxygen atoms in total. The molecule has 0 unspecified atom stereocenters. The van der Waals surface area contributed by atoms with Crippen LogP contribution < -0.4 is 5.32 Å². The van der Waals surface area contributed by atoms with Crippen LogP contribution in [0.3, 0.4) is 0 Å². The molecule has 0 aromatic heterocycles. The van der Waals surface area contributed by atoms with Crippen molar-refractivity contribution < 1.29 is 18.7 Å². The van der Waals surface area contributed by atoms with Gasteiger partial charge in [-0.15, -0.1) is 0 Å². The Morgan fingerprint density at radius 1 is 1.47 bits per heavy atom. The first-order valence-corrected chi connectivity index (χ1v) is 4.42. The van der Waals surface area contributed by atoms with Crippen molar-refractivity contribution in [2.45, 2.75) is 6.42 Å². The number of carbonyl (C=O) groups is 1. The summed E-state index contributed by atoms with van der Waals surface area (Å²) < 4.78 is 26.1. The van der Waals surface area contributed by atoms with Crippen LogP contribution in [0.15, 0.2) is 12.1 Å². The smallest absolute Gasteiger partial charge is 0.336 e. The molecule has 1 rings (SSSR count). The fourth-order valence-electron chi connectivity index (χ4n) is 1.29. The van der Waals surface area contributed by atoms with Gasteiger partial charge in [-0.3, -0.25) is 0 Å². The molecule has 0 amide bonds. The van der Waals surface area contributed by atoms with Crippen molar-refractivity contribution in [2.24, 2.45) is 0 Å². The molecule has 0 saturated heterocycles. The average molecular weight is 215 g/mol. The first kappa shape index (κ1) is 11.6. The van der Waals surface area contributed by atoms with Gasteiger partial charge in [0, 0.05) is 5.56 Å². The Morgan fingerprint density at radius 2 is 2.13 bits per heavy atom. The Morgan fingerprint density at radius 3 is 2.67 bits per heavy atom. The molecule has 2 N–H and O–H groups in total. The monoisotopic (exact) mass is 215 g/mol. The average Bonchev–Trinajstić information content (AvgIpc) is 2.19. The van der Waals surface area contributed by atoms with Gasteiger partial charge in [0.25, 0.3) is 0 Å². The molecule has 0 aliphatic rings. The van der Waals surface area contributed by atoms with Crippen LogP contribution in [0.4, 0.5) is 8.78 Å². The Hall–Kier alpha value is -1.49. The van der Waals surface area contributed by atoms with Gasteiger partial charge in [-0.25, -0.2) is 13.6 Å². The molecule has 5 heteroatoms. The molecule has 1 aromatic rings. The van der Waals surface area contributed by atoms with Gasteiger partial charge in [0.1, 0.15) is 0 Å². The summed E-state index contributed by atoms with van der Waals surface area (Å²) in [5, 5.41) is 11.5. The minimum absolute atomic E-state index is 0.100. The number of hydrogen-bond donors (Lipinski definition) is 2. The standard InChI is InChI=1S/C10H11F2NO2/c1-13-5-4-6-7(10(14)15)2-3-8(11)9(6)12/h2-3,13H,4-5H2,1H3,(H,14,15). The van der Waals surface area contributed by atoms with E-state index in [0.29, 0.717) is 6.54 Å². The first-order valence-electron chi connectivity index (χ1n) is 4.42. The van der Waals surface area contributed by atoms with E-state index in [4.69, 9.17) is 5.11 Å². The van der Waals surface area contributed by atoms with Crippen molar-refractivity contribution in [3.63, 3.8) is 0 Å². The predicted octanol–water partition coefficient (Wildman–Crippen LogP) is 1.42. The Bertz CT molecular complexity index is 380. The lowest BCUT2D eigenvalue weighted by atomic mass is 10.0. The molecule has 0 aliphatic carbocycles. The highest BCUT2D eigenvalue weighted by Crippen LogP contribution is 2.17. The zero-order chi connectivity index (χ0) is 11.4. The first-order chi connectivity index (χ1) is 7.07. The summed E-state index contributed by atoms with van der Waals surface area (Å²) in [5.74, 6) is -3.35. The summed E-state index contributed by atoms with van der Waals surface area (Å²) >= 11 is 0. The molecule has 0 spiro atoms. The second-order valence-electron chi connectivity index (χ2n) is 3.05. The third-order valence-corrected chi connectivity index (χ3v) is 2.05. The van der Waals surface area contributed by atoms with E-state index < -0.39 is 17.6 Å². The molecule has 0 atom stereocenters. The van der Waals surface area contributed by atoms with E-state index in [0.717, 1.165) is 12.1 Å². The lowest BCUT2D eigenvalue weighted by Crippen LogP contribution is -2.15. The molecule has 15 heavy (non-hydrogen) atoms. The van der Waals surface area contributed by atoms with Gasteiger partial charge in [-0.05, 0) is 32.1 Å². The molecule has 0 aliphatic heterocycles. The normalized spacial score (nSPS) is 10.3. The van der Waals surface area contributed by atoms with Crippen LogP contribution in [-0.2, 0) is 6.42 Å². The lowest BCUT2D eigenvalue weighted by Gasteiger charge is -2.07. The third kappa shape index (κ3) is 2.50. The minimum atomic E-state index is -1.25. The molecule has 0 bridgehead atoms. The lowest BCUT2D eigenvalue weighted by molar-refractivity contribution is 0.0695. The van der Waals surface area contributed by atoms with Gasteiger partial charge < -0.3 is 10.4 Å². The van der Waals surface area contributed by atoms with E-state index in [1.165, 1.54) is 0 Å². The Labute approximate surface area is 85.7 Å². The summed E-state index contributed by atoms with van der Waals surface area (Å²) in [5.41, 5.74) is -0.291. The summed E-state index contributed by atoms with van der Waals surface area (Å²) in [7, 11) is 1.65. The summed E-state index contributed by atoms with van der Waals surface area (Å²) in [6.07, 6.45) is 0.141. The van der Waals surface area contributed by atoms with Gasteiger partial charge >= 0.3 is 5.97 Å². The zero-order valence-electron chi connectivity index (χ0n) is 8.18. The van der Waals surface area contributed by atoms with Crippen LogP contribution in [0.5, 0.6) is 0 Å². The van der Waals surface area contributed by atoms with Crippen LogP contribution in [-0.4, -0.2) is 24.7 Å². The highest BCUT2D eigenvalue weighted by atomic mass is 19.2. The van der Waals surface area contributed by atoms with E-state index in [2.05, 4.69) is 5.32 Å². The Kier molecular flexibility index (Phi) is 3.74. The van der Waals surface area contributed by atoms with Crippen molar-refractivity contribution >= 4 is 5.97 Å². The summed E-state index contributed by atoms with van der Waals surface area (Å²) in [6, 6.07) is 1.90. The largest absolute Gasteiger partial charge is 0.478 e. The van der Waals surface area contributed by atoms with Gasteiger partial charge in [-0.1, -0.05) is 0 Å². The summed E-state index contributed by atoms with van der Waals surface area (Å²) in [4.78, 5) is 10.7. The maximum absolute atomic E-state index is 13.3. The number of nitrogens with one attached hydrogen (secondary N) is 1. The topological polar surface area (TPSA) is 49.3 Å². The number of benzene rings is 1. The van der Waals surface area contributed by atoms with Crippen molar-refractivity contribution in [3.8, 4) is 0 Å². The number of carboxylic acid groups (broad SMARTS) is 1. The fourth-order valence-corrected chi connectivity index (χ4v) is 1.29. The number of halogens is 2. The predicted molar refractivity (Wildman–Crippen MR) is 50.9 cm³/mol. The molecule has 0 saturated carbocycles. The minimum Gasteiger partial charge on any atom is -0.478 e. The highest BCUT2D eigenvalue weighted by Gasteiger charge is 2.17. The SMILES string of the molecule is CNCCc1c(C(=O)O)ccc(F)c1F. The molecule has 82 valence electrons. The number of hydrogen-bond acceptors (Lipinski definition) is 2. The second-order valence-corrected chi connectivity index (χ2v) is 3.05. The van der Waals surface area contributed by atoms with E-state index in [-0.39, 0.29) is 17.5 Å². The maximum atomic E-state index is 13.3. The van der Waals surface area contributed by atoms with E-state index in [9.17, 15) is 13.6 Å². The molecular formula is C10H11F2NO2. The second kappa shape index (κ2) is 4.84. The van der Waals surface area contributed by atoms with E-state index in [1.807, 2.05) is 0 Å². The fraction of sp³-hybridized carbons (Fsp3) is 0.300. The van der Waals surface area contributed by atoms with Crippen molar-refractivity contribution in [2.75, 3.05) is 13.6 Å². The van der Waals surface area contributed by atoms with Crippen LogP contribution >= 0.6 is 0 Å². The van der Waals surface area contributed by atoms with Crippen LogP contribution in [0.1, 0.15) is 15.9 Å². The number of carboxylic acids is 1. The van der Waals surface area contributed by atoms with Gasteiger partial charge in [-0.2, -0.15) is 0 Å². The molecule has 0 heterocycles. The number of rotatable bonds is 4. The maximum Gasteiger partial charge on any atom is 0.336 e. The van der Waals surface area contributed by atoms with Gasteiger partial charge in [0.2, 0.25) is 0 Å². The van der Waals surface area contributed by atoms with Crippen molar-refractivity contribution in [3.05, 3.63) is 34.9 Å². The number of aromatic carboxylic acids is 1. The van der Waals surface area contributed by atoms with E-state index in [1.54, 1.807) is 7.05 Å². The van der Waals surface area contributed by atoms with Gasteiger partial charge in [0.15, 0.2) is 11.6 Å². The highest BCUT2D eigenvalue weighted by molar-refractivity contribution is 5.89.